The number of rotatable bonds is 6. The number of nitrogens with one attached hydrogen (secondary N) is 1. The van der Waals surface area contributed by atoms with Gasteiger partial charge in [0, 0.05) is 62.9 Å². The summed E-state index contributed by atoms with van der Waals surface area (Å²) in [7, 11) is 2.16. The summed E-state index contributed by atoms with van der Waals surface area (Å²) in [4.78, 5) is 34.4. The molecule has 0 spiro atoms. The zero-order valence-electron chi connectivity index (χ0n) is 22.5. The normalized spacial score (nSPS) is 15.3. The first-order chi connectivity index (χ1) is 18.5. The topological polar surface area (TPSA) is 78.0 Å². The highest BCUT2D eigenvalue weighted by Crippen LogP contribution is 2.33. The third-order valence-corrected chi connectivity index (χ3v) is 6.51. The third kappa shape index (κ3) is 7.18. The van der Waals surface area contributed by atoms with Crippen LogP contribution in [0.2, 0.25) is 0 Å². The highest BCUT2D eigenvalue weighted by Gasteiger charge is 2.25. The molecule has 0 saturated carbocycles. The van der Waals surface area contributed by atoms with E-state index in [1.54, 1.807) is 17.0 Å². The zero-order chi connectivity index (χ0) is 26.9. The number of piperazine rings is 1. The molecule has 8 nitrogen and oxygen atoms in total. The van der Waals surface area contributed by atoms with E-state index >= 15 is 0 Å². The highest BCUT2D eigenvalue weighted by atomic mass is 16.5. The maximum atomic E-state index is 13.0. The quantitative estimate of drug-likeness (QED) is 0.440. The van der Waals surface area contributed by atoms with Gasteiger partial charge in [0.25, 0.3) is 0 Å². The van der Waals surface area contributed by atoms with Gasteiger partial charge in [-0.2, -0.15) is 0 Å². The minimum atomic E-state index is -0.144. The molecular weight excluding hydrogens is 478 g/mol. The Morgan fingerprint density at radius 3 is 2.39 bits per heavy atom. The second kappa shape index (κ2) is 13.2. The number of aldehydes is 1. The van der Waals surface area contributed by atoms with Crippen LogP contribution in [0.4, 0.5) is 16.2 Å². The largest absolute Gasteiger partial charge is 0.457 e. The average molecular weight is 516 g/mol. The van der Waals surface area contributed by atoms with Crippen LogP contribution in [0.1, 0.15) is 41.9 Å². The summed E-state index contributed by atoms with van der Waals surface area (Å²) in [5.74, 6) is 1.20. The van der Waals surface area contributed by atoms with Crippen molar-refractivity contribution in [1.82, 2.24) is 14.8 Å². The molecule has 38 heavy (non-hydrogen) atoms. The van der Waals surface area contributed by atoms with Crippen molar-refractivity contribution in [2.75, 3.05) is 50.0 Å². The molecule has 8 heteroatoms. The van der Waals surface area contributed by atoms with Crippen molar-refractivity contribution < 1.29 is 14.3 Å². The summed E-state index contributed by atoms with van der Waals surface area (Å²) in [6, 6.07) is 16.9. The molecule has 2 amide bonds. The van der Waals surface area contributed by atoms with Gasteiger partial charge in [-0.15, -0.1) is 0 Å². The molecule has 2 aliphatic rings. The first kappa shape index (κ1) is 27.3. The van der Waals surface area contributed by atoms with Crippen molar-refractivity contribution in [3.05, 3.63) is 77.6 Å². The Hall–Kier alpha value is -3.75. The second-order valence-electron chi connectivity index (χ2n) is 9.74. The Kier molecular flexibility index (Phi) is 9.46. The van der Waals surface area contributed by atoms with E-state index in [1.807, 2.05) is 30.3 Å². The molecule has 0 radical (unpaired) electrons. The van der Waals surface area contributed by atoms with Gasteiger partial charge < -0.3 is 15.0 Å². The number of fused-ring (bicyclic) bond motifs is 1. The van der Waals surface area contributed by atoms with Crippen LogP contribution in [0.3, 0.4) is 0 Å². The molecule has 1 N–H and O–H groups in total. The molecule has 1 saturated heterocycles. The molecule has 200 valence electrons. The standard InChI is InChI=1S/C27H29N5O3.C3H8/c1-30-12-14-31(15-13-30)18-20-2-4-22(5-3-20)29-27(34)32-11-9-21-16-24(6-7-26(21)32)35-25-8-10-28-23(17-25)19-33;1-3-2/h2-8,10,16-17,19H,9,11-15,18H2,1H3,(H,29,34);3H2,1-2H3. The molecule has 1 aromatic heterocycles. The van der Waals surface area contributed by atoms with Gasteiger partial charge in [-0.1, -0.05) is 32.4 Å². The molecule has 3 aromatic rings. The van der Waals surface area contributed by atoms with Crippen LogP contribution in [0.25, 0.3) is 0 Å². The molecular formula is C30H37N5O3. The molecule has 5 rings (SSSR count). The van der Waals surface area contributed by atoms with E-state index < -0.39 is 0 Å². The van der Waals surface area contributed by atoms with Crippen LogP contribution in [-0.2, 0) is 13.0 Å². The van der Waals surface area contributed by atoms with Crippen molar-refractivity contribution in [3.63, 3.8) is 0 Å². The highest BCUT2D eigenvalue weighted by molar-refractivity contribution is 6.03. The third-order valence-electron chi connectivity index (χ3n) is 6.51. The molecule has 2 aromatic carbocycles. The van der Waals surface area contributed by atoms with Gasteiger partial charge in [-0.25, -0.2) is 4.79 Å². The first-order valence-corrected chi connectivity index (χ1v) is 13.3. The lowest BCUT2D eigenvalue weighted by Crippen LogP contribution is -2.43. The molecule has 1 fully saturated rings. The number of nitrogens with zero attached hydrogens (tertiary/aromatic N) is 4. The predicted octanol–water partition coefficient (Wildman–Crippen LogP) is 5.44. The molecule has 0 bridgehead atoms. The number of amides is 2. The Balaban J connectivity index is 0.00000107. The van der Waals surface area contributed by atoms with E-state index in [4.69, 9.17) is 4.74 Å². The van der Waals surface area contributed by atoms with Crippen LogP contribution in [0, 0.1) is 0 Å². The van der Waals surface area contributed by atoms with Gasteiger partial charge in [-0.3, -0.25) is 19.6 Å². The predicted molar refractivity (Wildman–Crippen MR) is 151 cm³/mol. The van der Waals surface area contributed by atoms with Crippen LogP contribution in [0.15, 0.2) is 60.8 Å². The van der Waals surface area contributed by atoms with Crippen LogP contribution in [-0.4, -0.2) is 66.9 Å². The summed E-state index contributed by atoms with van der Waals surface area (Å²) in [6.07, 6.45) is 4.23. The van der Waals surface area contributed by atoms with Crippen molar-refractivity contribution in [2.45, 2.75) is 33.2 Å². The number of benzene rings is 2. The van der Waals surface area contributed by atoms with E-state index in [2.05, 4.69) is 53.1 Å². The maximum Gasteiger partial charge on any atom is 0.326 e. The van der Waals surface area contributed by atoms with Gasteiger partial charge in [0.2, 0.25) is 0 Å². The second-order valence-corrected chi connectivity index (χ2v) is 9.74. The van der Waals surface area contributed by atoms with Gasteiger partial charge in [0.05, 0.1) is 0 Å². The Morgan fingerprint density at radius 1 is 0.974 bits per heavy atom. The number of aromatic nitrogens is 1. The lowest BCUT2D eigenvalue weighted by molar-refractivity contribution is 0.111. The van der Waals surface area contributed by atoms with Crippen LogP contribution >= 0.6 is 0 Å². The average Bonchev–Trinajstić information content (AvgIpc) is 3.35. The number of carbonyl (C=O) groups is 2. The SMILES string of the molecule is CCC.CN1CCN(Cc2ccc(NC(=O)N3CCc4cc(Oc5ccnc(C=O)c5)ccc43)cc2)CC1. The number of likely N-dealkylation sites (N-methyl/N-ethyl adjacent to an activating group) is 1. The summed E-state index contributed by atoms with van der Waals surface area (Å²) < 4.78 is 5.88. The van der Waals surface area contributed by atoms with Crippen LogP contribution < -0.4 is 15.0 Å². The minimum Gasteiger partial charge on any atom is -0.457 e. The Morgan fingerprint density at radius 2 is 1.68 bits per heavy atom. The number of pyridine rings is 1. The van der Waals surface area contributed by atoms with E-state index in [-0.39, 0.29) is 6.03 Å². The molecule has 0 atom stereocenters. The molecule has 3 heterocycles. The van der Waals surface area contributed by atoms with Crippen molar-refractivity contribution in [1.29, 1.82) is 0 Å². The Labute approximate surface area is 225 Å². The van der Waals surface area contributed by atoms with Crippen molar-refractivity contribution in [3.8, 4) is 11.5 Å². The van der Waals surface area contributed by atoms with E-state index in [0.29, 0.717) is 30.0 Å². The number of hydrogen-bond acceptors (Lipinski definition) is 6. The first-order valence-electron chi connectivity index (χ1n) is 13.3. The van der Waals surface area contributed by atoms with E-state index in [1.165, 1.54) is 18.2 Å². The summed E-state index contributed by atoms with van der Waals surface area (Å²) in [6.45, 7) is 10.2. The van der Waals surface area contributed by atoms with E-state index in [0.717, 1.165) is 56.1 Å². The zero-order valence-corrected chi connectivity index (χ0v) is 22.5. The Bertz CT molecular complexity index is 1220. The maximum absolute atomic E-state index is 13.0. The number of ether oxygens (including phenoxy) is 1. The molecule has 0 aliphatic carbocycles. The lowest BCUT2D eigenvalue weighted by atomic mass is 10.1. The smallest absolute Gasteiger partial charge is 0.326 e. The van der Waals surface area contributed by atoms with Gasteiger partial charge in [0.1, 0.15) is 17.2 Å². The lowest BCUT2D eigenvalue weighted by Gasteiger charge is -2.32. The van der Waals surface area contributed by atoms with Gasteiger partial charge in [0.15, 0.2) is 6.29 Å². The van der Waals surface area contributed by atoms with Gasteiger partial charge in [-0.05, 0) is 61.0 Å². The monoisotopic (exact) mass is 515 g/mol. The number of carbonyl (C=O) groups excluding carboxylic acids is 2. The van der Waals surface area contributed by atoms with E-state index in [9.17, 15) is 9.59 Å². The summed E-state index contributed by atoms with van der Waals surface area (Å²) in [5, 5.41) is 3.02. The number of urea groups is 1. The van der Waals surface area contributed by atoms with Crippen molar-refractivity contribution in [2.24, 2.45) is 0 Å². The van der Waals surface area contributed by atoms with Crippen molar-refractivity contribution >= 4 is 23.7 Å². The molecule has 2 aliphatic heterocycles. The fourth-order valence-corrected chi connectivity index (χ4v) is 4.49. The summed E-state index contributed by atoms with van der Waals surface area (Å²) >= 11 is 0. The molecule has 0 unspecified atom stereocenters. The number of hydrogen-bond donors (Lipinski definition) is 1. The minimum absolute atomic E-state index is 0.144. The number of anilines is 2. The fourth-order valence-electron chi connectivity index (χ4n) is 4.49. The fraction of sp³-hybridized carbons (Fsp3) is 0.367. The van der Waals surface area contributed by atoms with Crippen LogP contribution in [0.5, 0.6) is 11.5 Å². The summed E-state index contributed by atoms with van der Waals surface area (Å²) in [5.41, 5.74) is 4.28. The van der Waals surface area contributed by atoms with Gasteiger partial charge >= 0.3 is 6.03 Å².